The Balaban J connectivity index is 1.23. The third-order valence-corrected chi connectivity index (χ3v) is 5.84. The van der Waals surface area contributed by atoms with Crippen molar-refractivity contribution < 1.29 is 4.86 Å². The minimum absolute atomic E-state index is 0.481. The summed E-state index contributed by atoms with van der Waals surface area (Å²) in [5, 5.41) is 19.1. The van der Waals surface area contributed by atoms with Crippen molar-refractivity contribution in [2.75, 3.05) is 0 Å². The highest BCUT2D eigenvalue weighted by Gasteiger charge is 2.08. The minimum atomic E-state index is 0.481. The lowest BCUT2D eigenvalue weighted by molar-refractivity contribution is -0.435. The van der Waals surface area contributed by atoms with E-state index in [9.17, 15) is 5.21 Å². The van der Waals surface area contributed by atoms with Crippen molar-refractivity contribution in [3.05, 3.63) is 114 Å². The number of hydrogen-bond donors (Lipinski definition) is 2. The van der Waals surface area contributed by atoms with Crippen molar-refractivity contribution in [3.63, 3.8) is 0 Å². The molecule has 0 saturated heterocycles. The summed E-state index contributed by atoms with van der Waals surface area (Å²) in [6.07, 6.45) is 0. The summed E-state index contributed by atoms with van der Waals surface area (Å²) in [4.78, 5) is 7.49. The summed E-state index contributed by atoms with van der Waals surface area (Å²) in [7, 11) is 0. The van der Waals surface area contributed by atoms with Crippen LogP contribution in [-0.2, 0) is 0 Å². The van der Waals surface area contributed by atoms with Crippen LogP contribution in [0.5, 0.6) is 0 Å². The lowest BCUT2D eigenvalue weighted by Crippen LogP contribution is -1.90. The molecule has 0 aliphatic rings. The second-order valence-electron chi connectivity index (χ2n) is 8.01. The number of para-hydroxylation sites is 2. The molecule has 0 saturated carbocycles. The van der Waals surface area contributed by atoms with Gasteiger partial charge in [-0.3, -0.25) is 0 Å². The Kier molecular flexibility index (Phi) is 4.51. The summed E-state index contributed by atoms with van der Waals surface area (Å²) in [5.74, 6) is 0. The molecule has 0 unspecified atom stereocenters. The standard InChI is InChI=1S/C28H20N4O/c33-32(24-15-11-20(12-16-24)28-18-22-6-2-4-8-26(22)30-28)31-23-13-9-19(10-14-23)27-17-21-5-1-3-7-25(21)29-27/h1-18,29-30H. The van der Waals surface area contributed by atoms with Crippen LogP contribution in [0.4, 0.5) is 11.4 Å². The largest absolute Gasteiger partial charge is 0.594 e. The van der Waals surface area contributed by atoms with Crippen LogP contribution in [0.2, 0.25) is 0 Å². The summed E-state index contributed by atoms with van der Waals surface area (Å²) >= 11 is 0. The van der Waals surface area contributed by atoms with Crippen molar-refractivity contribution in [3.8, 4) is 22.5 Å². The van der Waals surface area contributed by atoms with Crippen LogP contribution in [0.15, 0.2) is 114 Å². The van der Waals surface area contributed by atoms with Gasteiger partial charge in [-0.1, -0.05) is 53.4 Å². The van der Waals surface area contributed by atoms with E-state index in [2.05, 4.69) is 51.5 Å². The van der Waals surface area contributed by atoms with E-state index in [4.69, 9.17) is 0 Å². The molecular formula is C28H20N4O. The molecule has 0 atom stereocenters. The van der Waals surface area contributed by atoms with Crippen LogP contribution in [0, 0.1) is 5.21 Å². The number of H-pyrrole nitrogens is 2. The molecular weight excluding hydrogens is 408 g/mol. The fourth-order valence-corrected chi connectivity index (χ4v) is 4.10. The summed E-state index contributed by atoms with van der Waals surface area (Å²) in [5.41, 5.74) is 7.39. The number of azo groups is 1. The number of benzene rings is 4. The van der Waals surface area contributed by atoms with Gasteiger partial charge in [0.25, 0.3) is 0 Å². The van der Waals surface area contributed by atoms with Crippen LogP contribution in [0.25, 0.3) is 44.3 Å². The van der Waals surface area contributed by atoms with E-state index in [0.29, 0.717) is 16.2 Å². The van der Waals surface area contributed by atoms with E-state index >= 15 is 0 Å². The third kappa shape index (κ3) is 3.66. The van der Waals surface area contributed by atoms with Gasteiger partial charge in [0.1, 0.15) is 5.69 Å². The average molecular weight is 428 g/mol. The zero-order chi connectivity index (χ0) is 22.2. The van der Waals surface area contributed by atoms with Gasteiger partial charge in [0.05, 0.1) is 0 Å². The monoisotopic (exact) mass is 428 g/mol. The second-order valence-corrected chi connectivity index (χ2v) is 8.01. The van der Waals surface area contributed by atoms with Gasteiger partial charge in [-0.2, -0.15) is 0 Å². The number of rotatable bonds is 4. The van der Waals surface area contributed by atoms with Gasteiger partial charge >= 0.3 is 0 Å². The lowest BCUT2D eigenvalue weighted by Gasteiger charge is -2.02. The summed E-state index contributed by atoms with van der Waals surface area (Å²) < 4.78 is 0. The minimum Gasteiger partial charge on any atom is -0.594 e. The molecule has 0 bridgehead atoms. The molecule has 4 aromatic carbocycles. The van der Waals surface area contributed by atoms with E-state index in [1.807, 2.05) is 60.7 Å². The first-order valence-electron chi connectivity index (χ1n) is 10.8. The van der Waals surface area contributed by atoms with Crippen LogP contribution in [0.3, 0.4) is 0 Å². The molecule has 0 aliphatic heterocycles. The first-order valence-corrected chi connectivity index (χ1v) is 10.8. The Labute approximate surface area is 190 Å². The zero-order valence-corrected chi connectivity index (χ0v) is 17.7. The molecule has 6 rings (SSSR count). The van der Waals surface area contributed by atoms with Gasteiger partial charge in [0.2, 0.25) is 5.69 Å². The van der Waals surface area contributed by atoms with Gasteiger partial charge in [0.15, 0.2) is 0 Å². The molecule has 0 aliphatic carbocycles. The predicted octanol–water partition coefficient (Wildman–Crippen LogP) is 7.91. The lowest BCUT2D eigenvalue weighted by atomic mass is 10.1. The molecule has 0 spiro atoms. The quantitative estimate of drug-likeness (QED) is 0.167. The average Bonchev–Trinajstić information content (AvgIpc) is 3.49. The van der Waals surface area contributed by atoms with E-state index in [1.54, 1.807) is 12.1 Å². The second kappa shape index (κ2) is 7.80. The highest BCUT2D eigenvalue weighted by Crippen LogP contribution is 2.28. The maximum Gasteiger partial charge on any atom is 0.244 e. The van der Waals surface area contributed by atoms with Crippen LogP contribution < -0.4 is 0 Å². The smallest absolute Gasteiger partial charge is 0.244 e. The third-order valence-electron chi connectivity index (χ3n) is 5.84. The Bertz CT molecular complexity index is 1540. The van der Waals surface area contributed by atoms with Gasteiger partial charge < -0.3 is 15.2 Å². The molecule has 2 aromatic heterocycles. The maximum absolute atomic E-state index is 12.6. The first-order chi connectivity index (χ1) is 16.2. The SMILES string of the molecule is [O-][N+](=Nc1ccc(-c2cc3ccccc3[nH]2)cc1)c1ccc(-c2cc3ccccc3[nH]2)cc1. The molecule has 0 amide bonds. The van der Waals surface area contributed by atoms with Crippen molar-refractivity contribution in [2.45, 2.75) is 0 Å². The van der Waals surface area contributed by atoms with Crippen LogP contribution in [0.1, 0.15) is 0 Å². The molecule has 5 nitrogen and oxygen atoms in total. The Hall–Kier alpha value is -4.64. The van der Waals surface area contributed by atoms with Gasteiger partial charge in [-0.05, 0) is 59.7 Å². The van der Waals surface area contributed by atoms with E-state index in [-0.39, 0.29) is 0 Å². The molecule has 0 radical (unpaired) electrons. The molecule has 2 N–H and O–H groups in total. The van der Waals surface area contributed by atoms with Crippen LogP contribution >= 0.6 is 0 Å². The highest BCUT2D eigenvalue weighted by atomic mass is 16.5. The van der Waals surface area contributed by atoms with Crippen molar-refractivity contribution >= 4 is 33.2 Å². The van der Waals surface area contributed by atoms with Crippen molar-refractivity contribution in [1.29, 1.82) is 0 Å². The van der Waals surface area contributed by atoms with Crippen molar-refractivity contribution in [2.24, 2.45) is 5.11 Å². The molecule has 5 heteroatoms. The first kappa shape index (κ1) is 19.1. The number of fused-ring (bicyclic) bond motifs is 2. The number of nitrogens with one attached hydrogen (secondary N) is 2. The topological polar surface area (TPSA) is 70.0 Å². The number of aromatic amines is 2. The predicted molar refractivity (Wildman–Crippen MR) is 133 cm³/mol. The molecule has 0 fully saturated rings. The van der Waals surface area contributed by atoms with Gasteiger partial charge in [0, 0.05) is 50.4 Å². The number of hydrogen-bond acceptors (Lipinski definition) is 2. The Morgan fingerprint density at radius 3 is 1.58 bits per heavy atom. The molecule has 33 heavy (non-hydrogen) atoms. The summed E-state index contributed by atoms with van der Waals surface area (Å²) in [6.45, 7) is 0. The Morgan fingerprint density at radius 2 is 1.06 bits per heavy atom. The molecule has 2 heterocycles. The normalized spacial score (nSPS) is 11.9. The van der Waals surface area contributed by atoms with Crippen LogP contribution in [-0.4, -0.2) is 14.8 Å². The molecule has 158 valence electrons. The van der Waals surface area contributed by atoms with E-state index in [1.165, 1.54) is 5.39 Å². The fraction of sp³-hybridized carbons (Fsp3) is 0. The number of nitrogens with zero attached hydrogens (tertiary/aromatic N) is 2. The highest BCUT2D eigenvalue weighted by molar-refractivity contribution is 5.86. The summed E-state index contributed by atoms with van der Waals surface area (Å²) in [6, 6.07) is 35.6. The fourth-order valence-electron chi connectivity index (χ4n) is 4.10. The van der Waals surface area contributed by atoms with Crippen molar-refractivity contribution in [1.82, 2.24) is 9.97 Å². The zero-order valence-electron chi connectivity index (χ0n) is 17.7. The Morgan fingerprint density at radius 1 is 0.576 bits per heavy atom. The maximum atomic E-state index is 12.6. The van der Waals surface area contributed by atoms with Gasteiger partial charge in [-0.25, -0.2) is 0 Å². The molecule has 6 aromatic rings. The number of aromatic nitrogens is 2. The van der Waals surface area contributed by atoms with E-state index < -0.39 is 0 Å². The van der Waals surface area contributed by atoms with E-state index in [0.717, 1.165) is 38.9 Å². The van der Waals surface area contributed by atoms with Gasteiger partial charge in [-0.15, -0.1) is 0 Å².